The molecule has 3 fully saturated rings. The van der Waals surface area contributed by atoms with Gasteiger partial charge in [-0.25, -0.2) is 9.97 Å². The van der Waals surface area contributed by atoms with E-state index < -0.39 is 21.6 Å². The third-order valence-electron chi connectivity index (χ3n) is 13.2. The smallest absolute Gasteiger partial charge is 0.251 e. The molecule has 0 atom stereocenters. The van der Waals surface area contributed by atoms with E-state index in [1.807, 2.05) is 33.7 Å². The molecular weight excluding hydrogens is 759 g/mol. The fourth-order valence-electron chi connectivity index (χ4n) is 9.13. The number of piperidine rings is 1. The number of aromatic nitrogens is 4. The van der Waals surface area contributed by atoms with E-state index in [0.29, 0.717) is 50.5 Å². The Morgan fingerprint density at radius 1 is 0.828 bits per heavy atom. The highest BCUT2D eigenvalue weighted by molar-refractivity contribution is 6.76. The van der Waals surface area contributed by atoms with Crippen molar-refractivity contribution in [1.29, 1.82) is 0 Å². The van der Waals surface area contributed by atoms with Crippen molar-refractivity contribution >= 4 is 22.1 Å². The van der Waals surface area contributed by atoms with Gasteiger partial charge in [0.1, 0.15) is 25.1 Å². The Balaban J connectivity index is 1.07. The summed E-state index contributed by atoms with van der Waals surface area (Å²) in [5, 5.41) is 14.4. The Labute approximate surface area is 351 Å². The predicted molar refractivity (Wildman–Crippen MR) is 238 cm³/mol. The number of likely N-dealkylation sites (tertiary alicyclic amines) is 2. The number of ether oxygens (including phenoxy) is 2. The first-order valence-corrected chi connectivity index (χ1v) is 29.7. The van der Waals surface area contributed by atoms with Crippen molar-refractivity contribution in [2.45, 2.75) is 142 Å². The molecular formula is C45H75N7O4Si2. The average molecular weight is 834 g/mol. The molecule has 1 spiro atoms. The van der Waals surface area contributed by atoms with Crippen molar-refractivity contribution in [2.75, 3.05) is 52.5 Å². The number of hydrogen-bond donors (Lipinski definition) is 2. The molecule has 2 aromatic heterocycles. The molecule has 2 saturated heterocycles. The summed E-state index contributed by atoms with van der Waals surface area (Å²) in [6, 6.07) is 11.1. The Bertz CT molecular complexity index is 1640. The second-order valence-electron chi connectivity index (χ2n) is 20.5. The molecule has 1 aromatic carbocycles. The Morgan fingerprint density at radius 3 is 1.91 bits per heavy atom. The van der Waals surface area contributed by atoms with Gasteiger partial charge in [0.2, 0.25) is 0 Å². The first kappa shape index (κ1) is 44.9. The van der Waals surface area contributed by atoms with Crippen LogP contribution >= 0.6 is 0 Å². The number of aliphatic hydroxyl groups excluding tert-OH is 1. The quantitative estimate of drug-likeness (QED) is 0.0839. The third-order valence-corrected chi connectivity index (χ3v) is 16.6. The van der Waals surface area contributed by atoms with Gasteiger partial charge in [0.05, 0.1) is 6.61 Å². The van der Waals surface area contributed by atoms with E-state index in [0.717, 1.165) is 42.9 Å². The van der Waals surface area contributed by atoms with Crippen molar-refractivity contribution < 1.29 is 19.4 Å². The van der Waals surface area contributed by atoms with E-state index >= 15 is 0 Å². The first-order chi connectivity index (χ1) is 27.7. The monoisotopic (exact) mass is 834 g/mol. The summed E-state index contributed by atoms with van der Waals surface area (Å²) in [4.78, 5) is 28.6. The zero-order valence-corrected chi connectivity index (χ0v) is 38.8. The van der Waals surface area contributed by atoms with E-state index in [9.17, 15) is 9.90 Å². The summed E-state index contributed by atoms with van der Waals surface area (Å²) in [6.45, 7) is 22.2. The average Bonchev–Trinajstić information content (AvgIpc) is 3.94. The molecule has 1 aliphatic carbocycles. The predicted octanol–water partition coefficient (Wildman–Crippen LogP) is 7.52. The van der Waals surface area contributed by atoms with Crippen LogP contribution in [-0.4, -0.2) is 115 Å². The van der Waals surface area contributed by atoms with Crippen LogP contribution in [0.3, 0.4) is 0 Å². The van der Waals surface area contributed by atoms with E-state index in [2.05, 4.69) is 66.5 Å². The zero-order valence-electron chi connectivity index (χ0n) is 36.8. The minimum atomic E-state index is -1.22. The van der Waals surface area contributed by atoms with Gasteiger partial charge in [-0.1, -0.05) is 70.7 Å². The number of aliphatic hydroxyl groups is 1. The number of rotatable bonds is 21. The molecule has 1 amide bonds. The number of nitrogens with zero attached hydrogens (tertiary/aromatic N) is 6. The van der Waals surface area contributed by atoms with Crippen LogP contribution in [0.2, 0.25) is 51.4 Å². The highest BCUT2D eigenvalue weighted by atomic mass is 28.3. The molecule has 3 aliphatic rings. The Morgan fingerprint density at radius 2 is 1.38 bits per heavy atom. The molecule has 2 aliphatic heterocycles. The van der Waals surface area contributed by atoms with Gasteiger partial charge in [0.25, 0.3) is 5.91 Å². The molecule has 6 rings (SSSR count). The van der Waals surface area contributed by atoms with Crippen molar-refractivity contribution in [3.63, 3.8) is 0 Å². The molecule has 4 heterocycles. The summed E-state index contributed by atoms with van der Waals surface area (Å²) >= 11 is 0. The minimum absolute atomic E-state index is 0.148. The van der Waals surface area contributed by atoms with Crippen LogP contribution in [-0.2, 0) is 42.3 Å². The molecule has 13 heteroatoms. The normalized spacial score (nSPS) is 18.7. The molecule has 2 N–H and O–H groups in total. The number of nitrogens with one attached hydrogen (secondary N) is 1. The van der Waals surface area contributed by atoms with Crippen molar-refractivity contribution in [2.24, 2.45) is 10.8 Å². The standard InChI is InChI=1S/C45H75N7O4Si2/c1-57(2,3)28-26-55-36-51-24-19-46-41(51)30-45(35-53,31-42-47-20-25-52(42)37-56-27-29-58(4,5)6)33-48-43(54)39-14-12-38(13-15-39)32-49-21-16-44(34-49)17-22-50(23-18-44)40-10-8-7-9-11-40/h12-15,19-20,24-25,40,53H,7-11,16-18,21-23,26-37H2,1-6H3,(H,48,54). The van der Waals surface area contributed by atoms with Gasteiger partial charge >= 0.3 is 0 Å². The Kier molecular flexibility index (Phi) is 15.7. The molecule has 3 aromatic rings. The van der Waals surface area contributed by atoms with Crippen LogP contribution in [0, 0.1) is 10.8 Å². The van der Waals surface area contributed by atoms with Crippen LogP contribution in [0.4, 0.5) is 0 Å². The van der Waals surface area contributed by atoms with Crippen LogP contribution in [0.1, 0.15) is 78.9 Å². The zero-order chi connectivity index (χ0) is 41.2. The van der Waals surface area contributed by atoms with Gasteiger partial charge in [0.15, 0.2) is 0 Å². The van der Waals surface area contributed by atoms with Crippen LogP contribution in [0.25, 0.3) is 0 Å². The topological polar surface area (TPSA) is 110 Å². The van der Waals surface area contributed by atoms with E-state index in [-0.39, 0.29) is 19.1 Å². The first-order valence-electron chi connectivity index (χ1n) is 22.3. The second kappa shape index (κ2) is 20.3. The number of carbonyl (C=O) groups excluding carboxylic acids is 1. The molecule has 58 heavy (non-hydrogen) atoms. The minimum Gasteiger partial charge on any atom is -0.396 e. The van der Waals surface area contributed by atoms with Crippen LogP contribution in [0.5, 0.6) is 0 Å². The van der Waals surface area contributed by atoms with E-state index in [1.165, 1.54) is 76.6 Å². The lowest BCUT2D eigenvalue weighted by molar-refractivity contribution is 0.0615. The largest absolute Gasteiger partial charge is 0.396 e. The van der Waals surface area contributed by atoms with Gasteiger partial charge in [-0.15, -0.1) is 0 Å². The van der Waals surface area contributed by atoms with Crippen molar-refractivity contribution in [3.8, 4) is 0 Å². The van der Waals surface area contributed by atoms with Crippen molar-refractivity contribution in [1.82, 2.24) is 34.2 Å². The van der Waals surface area contributed by atoms with E-state index in [4.69, 9.17) is 19.4 Å². The maximum atomic E-state index is 13.8. The SMILES string of the molecule is C[Si](C)(C)CCOCn1ccnc1CC(CO)(CNC(=O)c1ccc(CN2CCC3(CCN(C4CCCCC4)CC3)C2)cc1)Cc1nccn1COCC[Si](C)(C)C. The van der Waals surface area contributed by atoms with Crippen molar-refractivity contribution in [3.05, 3.63) is 71.8 Å². The lowest BCUT2D eigenvalue weighted by Gasteiger charge is -2.43. The molecule has 0 bridgehead atoms. The highest BCUT2D eigenvalue weighted by Crippen LogP contribution is 2.42. The lowest BCUT2D eigenvalue weighted by atomic mass is 9.77. The molecule has 322 valence electrons. The molecule has 0 radical (unpaired) electrons. The number of amides is 1. The second-order valence-corrected chi connectivity index (χ2v) is 31.7. The van der Waals surface area contributed by atoms with Crippen LogP contribution in [0.15, 0.2) is 49.1 Å². The van der Waals surface area contributed by atoms with Gasteiger partial charge in [-0.3, -0.25) is 9.69 Å². The number of benzene rings is 1. The summed E-state index contributed by atoms with van der Waals surface area (Å²) in [5.74, 6) is 1.47. The third kappa shape index (κ3) is 13.2. The summed E-state index contributed by atoms with van der Waals surface area (Å²) in [7, 11) is -2.44. The maximum Gasteiger partial charge on any atom is 0.251 e. The maximum absolute atomic E-state index is 13.8. The molecule has 11 nitrogen and oxygen atoms in total. The number of hydrogen-bond acceptors (Lipinski definition) is 8. The highest BCUT2D eigenvalue weighted by Gasteiger charge is 2.41. The van der Waals surface area contributed by atoms with Crippen LogP contribution < -0.4 is 5.32 Å². The lowest BCUT2D eigenvalue weighted by Crippen LogP contribution is -2.46. The summed E-state index contributed by atoms with van der Waals surface area (Å²) in [5.41, 5.74) is 1.57. The summed E-state index contributed by atoms with van der Waals surface area (Å²) < 4.78 is 16.2. The number of carbonyl (C=O) groups is 1. The number of imidazole rings is 2. The van der Waals surface area contributed by atoms with Gasteiger partial charge in [-0.05, 0) is 86.9 Å². The summed E-state index contributed by atoms with van der Waals surface area (Å²) in [6.07, 6.45) is 19.3. The van der Waals surface area contributed by atoms with Gasteiger partial charge < -0.3 is 33.9 Å². The van der Waals surface area contributed by atoms with E-state index in [1.54, 1.807) is 12.4 Å². The van der Waals surface area contributed by atoms with Gasteiger partial charge in [0, 0.05) is 104 Å². The molecule has 1 saturated carbocycles. The fraction of sp³-hybridized carbons (Fsp3) is 0.711. The Hall–Kier alpha value is -2.66. The molecule has 0 unspecified atom stereocenters. The fourth-order valence-corrected chi connectivity index (χ4v) is 10.6. The van der Waals surface area contributed by atoms with Gasteiger partial charge in [-0.2, -0.15) is 0 Å².